The van der Waals surface area contributed by atoms with Crippen LogP contribution < -0.4 is 10.1 Å². The van der Waals surface area contributed by atoms with E-state index in [1.807, 2.05) is 25.1 Å². The maximum atomic E-state index is 11.4. The Hall–Kier alpha value is -1.55. The Bertz CT molecular complexity index is 475. The summed E-state index contributed by atoms with van der Waals surface area (Å²) in [6.45, 7) is 5.14. The van der Waals surface area contributed by atoms with Gasteiger partial charge in [0.1, 0.15) is 11.3 Å². The molecule has 2 N–H and O–H groups in total. The fourth-order valence-electron chi connectivity index (χ4n) is 2.75. The van der Waals surface area contributed by atoms with Gasteiger partial charge in [-0.3, -0.25) is 4.79 Å². The average molecular weight is 277 g/mol. The van der Waals surface area contributed by atoms with Crippen LogP contribution in [-0.2, 0) is 4.79 Å². The molecule has 1 aliphatic heterocycles. The second-order valence-corrected chi connectivity index (χ2v) is 5.64. The third kappa shape index (κ3) is 3.12. The van der Waals surface area contributed by atoms with Gasteiger partial charge in [-0.1, -0.05) is 31.5 Å². The van der Waals surface area contributed by atoms with Crippen LogP contribution in [-0.4, -0.2) is 29.8 Å². The molecule has 2 rings (SSSR count). The third-order valence-corrected chi connectivity index (χ3v) is 4.04. The van der Waals surface area contributed by atoms with Gasteiger partial charge in [-0.25, -0.2) is 0 Å². The van der Waals surface area contributed by atoms with Crippen LogP contribution in [0.5, 0.6) is 5.75 Å². The van der Waals surface area contributed by atoms with Crippen molar-refractivity contribution in [1.82, 2.24) is 5.32 Å². The van der Waals surface area contributed by atoms with E-state index in [4.69, 9.17) is 4.74 Å². The van der Waals surface area contributed by atoms with Crippen molar-refractivity contribution in [3.63, 3.8) is 0 Å². The monoisotopic (exact) mass is 277 g/mol. The summed E-state index contributed by atoms with van der Waals surface area (Å²) < 4.78 is 5.64. The summed E-state index contributed by atoms with van der Waals surface area (Å²) in [7, 11) is 0. The van der Waals surface area contributed by atoms with E-state index in [9.17, 15) is 9.90 Å². The van der Waals surface area contributed by atoms with Crippen LogP contribution in [0.4, 0.5) is 0 Å². The Balaban J connectivity index is 2.06. The minimum Gasteiger partial charge on any atom is -0.493 e. The van der Waals surface area contributed by atoms with Crippen molar-refractivity contribution < 1.29 is 14.6 Å². The summed E-state index contributed by atoms with van der Waals surface area (Å²) in [5.74, 6) is 0.466. The fraction of sp³-hybridized carbons (Fsp3) is 0.562. The Morgan fingerprint density at radius 1 is 1.50 bits per heavy atom. The highest BCUT2D eigenvalue weighted by Crippen LogP contribution is 2.33. The molecule has 0 saturated carbocycles. The van der Waals surface area contributed by atoms with Gasteiger partial charge in [0.2, 0.25) is 0 Å². The number of nitrogens with one attached hydrogen (secondary N) is 1. The first-order chi connectivity index (χ1) is 9.57. The molecule has 1 aliphatic rings. The molecule has 0 radical (unpaired) electrons. The van der Waals surface area contributed by atoms with Gasteiger partial charge < -0.3 is 15.2 Å². The second kappa shape index (κ2) is 6.27. The standard InChI is InChI=1S/C16H23NO3/c1-3-9-16(2,15(18)19)17-11-12-8-10-20-14-7-5-4-6-13(12)14/h4-7,12,17H,3,8-11H2,1-2H3,(H,18,19). The normalized spacial score (nSPS) is 20.6. The van der Waals surface area contributed by atoms with Crippen LogP contribution in [0.3, 0.4) is 0 Å². The molecule has 4 nitrogen and oxygen atoms in total. The van der Waals surface area contributed by atoms with E-state index in [0.29, 0.717) is 25.5 Å². The first-order valence-electron chi connectivity index (χ1n) is 7.27. The third-order valence-electron chi connectivity index (χ3n) is 4.04. The lowest BCUT2D eigenvalue weighted by atomic mass is 9.90. The van der Waals surface area contributed by atoms with Crippen LogP contribution >= 0.6 is 0 Å². The van der Waals surface area contributed by atoms with Crippen molar-refractivity contribution >= 4 is 5.97 Å². The smallest absolute Gasteiger partial charge is 0.323 e. The predicted molar refractivity (Wildman–Crippen MR) is 78.2 cm³/mol. The first-order valence-corrected chi connectivity index (χ1v) is 7.27. The van der Waals surface area contributed by atoms with E-state index in [1.165, 1.54) is 5.56 Å². The van der Waals surface area contributed by atoms with Crippen molar-refractivity contribution in [2.45, 2.75) is 44.6 Å². The number of rotatable bonds is 6. The van der Waals surface area contributed by atoms with Gasteiger partial charge in [-0.2, -0.15) is 0 Å². The van der Waals surface area contributed by atoms with Crippen molar-refractivity contribution in [2.24, 2.45) is 0 Å². The fourth-order valence-corrected chi connectivity index (χ4v) is 2.75. The van der Waals surface area contributed by atoms with Crippen molar-refractivity contribution in [2.75, 3.05) is 13.2 Å². The van der Waals surface area contributed by atoms with Crippen LogP contribution in [0.25, 0.3) is 0 Å². The molecule has 1 aromatic rings. The van der Waals surface area contributed by atoms with Crippen LogP contribution in [0, 0.1) is 0 Å². The van der Waals surface area contributed by atoms with E-state index in [1.54, 1.807) is 6.92 Å². The highest BCUT2D eigenvalue weighted by Gasteiger charge is 2.33. The van der Waals surface area contributed by atoms with Gasteiger partial charge >= 0.3 is 5.97 Å². The van der Waals surface area contributed by atoms with Crippen molar-refractivity contribution in [3.8, 4) is 5.75 Å². The molecule has 1 aromatic carbocycles. The number of ether oxygens (including phenoxy) is 1. The van der Waals surface area contributed by atoms with Gasteiger partial charge in [-0.05, 0) is 31.4 Å². The molecule has 2 unspecified atom stereocenters. The molecule has 20 heavy (non-hydrogen) atoms. The minimum absolute atomic E-state index is 0.315. The topological polar surface area (TPSA) is 58.6 Å². The number of carboxylic acids is 1. The van der Waals surface area contributed by atoms with Crippen molar-refractivity contribution in [3.05, 3.63) is 29.8 Å². The number of fused-ring (bicyclic) bond motifs is 1. The quantitative estimate of drug-likeness (QED) is 0.839. The van der Waals surface area contributed by atoms with Gasteiger partial charge in [0.15, 0.2) is 0 Å². The zero-order valence-corrected chi connectivity index (χ0v) is 12.2. The lowest BCUT2D eigenvalue weighted by Crippen LogP contribution is -2.51. The number of benzene rings is 1. The molecule has 2 atom stereocenters. The molecule has 0 bridgehead atoms. The molecular formula is C16H23NO3. The highest BCUT2D eigenvalue weighted by atomic mass is 16.5. The number of carbonyl (C=O) groups is 1. The van der Waals surface area contributed by atoms with E-state index < -0.39 is 11.5 Å². The van der Waals surface area contributed by atoms with Crippen LogP contribution in [0.1, 0.15) is 44.6 Å². The average Bonchev–Trinajstić information content (AvgIpc) is 2.45. The molecule has 0 aromatic heterocycles. The van der Waals surface area contributed by atoms with Gasteiger partial charge in [0, 0.05) is 12.5 Å². The predicted octanol–water partition coefficient (Wildman–Crippen LogP) is 2.79. The SMILES string of the molecule is CCCC(C)(NCC1CCOc2ccccc21)C(=O)O. The van der Waals surface area contributed by atoms with Gasteiger partial charge in [0.05, 0.1) is 6.61 Å². The van der Waals surface area contributed by atoms with Crippen LogP contribution in [0.2, 0.25) is 0 Å². The molecule has 1 heterocycles. The van der Waals surface area contributed by atoms with E-state index in [2.05, 4.69) is 11.4 Å². The molecule has 0 saturated heterocycles. The van der Waals surface area contributed by atoms with Crippen LogP contribution in [0.15, 0.2) is 24.3 Å². The summed E-state index contributed by atoms with van der Waals surface area (Å²) in [4.78, 5) is 11.4. The molecule has 0 spiro atoms. The summed E-state index contributed by atoms with van der Waals surface area (Å²) in [6, 6.07) is 8.01. The highest BCUT2D eigenvalue weighted by molar-refractivity contribution is 5.78. The van der Waals surface area contributed by atoms with E-state index >= 15 is 0 Å². The molecule has 0 amide bonds. The molecule has 4 heteroatoms. The molecular weight excluding hydrogens is 254 g/mol. The lowest BCUT2D eigenvalue weighted by Gasteiger charge is -2.31. The Labute approximate surface area is 120 Å². The zero-order chi connectivity index (χ0) is 14.6. The largest absolute Gasteiger partial charge is 0.493 e. The summed E-state index contributed by atoms with van der Waals surface area (Å²) in [5, 5.41) is 12.7. The number of para-hydroxylation sites is 1. The van der Waals surface area contributed by atoms with Gasteiger partial charge in [-0.15, -0.1) is 0 Å². The van der Waals surface area contributed by atoms with Crippen molar-refractivity contribution in [1.29, 1.82) is 0 Å². The van der Waals surface area contributed by atoms with Gasteiger partial charge in [0.25, 0.3) is 0 Å². The molecule has 0 fully saturated rings. The van der Waals surface area contributed by atoms with E-state index in [-0.39, 0.29) is 0 Å². The summed E-state index contributed by atoms with van der Waals surface area (Å²) in [5.41, 5.74) is 0.331. The number of hydrogen-bond donors (Lipinski definition) is 2. The lowest BCUT2D eigenvalue weighted by molar-refractivity contribution is -0.144. The summed E-state index contributed by atoms with van der Waals surface area (Å²) >= 11 is 0. The van der Waals surface area contributed by atoms with E-state index in [0.717, 1.165) is 18.6 Å². The Morgan fingerprint density at radius 3 is 2.95 bits per heavy atom. The minimum atomic E-state index is -0.845. The summed E-state index contributed by atoms with van der Waals surface area (Å²) in [6.07, 6.45) is 2.40. The zero-order valence-electron chi connectivity index (χ0n) is 12.2. The Morgan fingerprint density at radius 2 is 2.25 bits per heavy atom. The number of hydrogen-bond acceptors (Lipinski definition) is 3. The first kappa shape index (κ1) is 14.9. The second-order valence-electron chi connectivity index (χ2n) is 5.64. The maximum absolute atomic E-state index is 11.4. The molecule has 0 aliphatic carbocycles. The molecule has 110 valence electrons. The Kier molecular flexibility index (Phi) is 4.65. The maximum Gasteiger partial charge on any atom is 0.323 e. The number of aliphatic carboxylic acids is 1. The number of carboxylic acid groups (broad SMARTS) is 1.